The normalized spacial score (nSPS) is 10.1. The summed E-state index contributed by atoms with van der Waals surface area (Å²) in [4.78, 5) is 26.2. The molecule has 0 aliphatic rings. The largest absolute Gasteiger partial charge is 0.481 e. The first-order valence-electron chi connectivity index (χ1n) is 5.63. The maximum atomic E-state index is 11.7. The van der Waals surface area contributed by atoms with E-state index in [1.165, 1.54) is 0 Å². The Morgan fingerprint density at radius 1 is 1.16 bits per heavy atom. The number of nitrogens with two attached hydrogens (primary N) is 1. The third-order valence-electron chi connectivity index (χ3n) is 2.62. The molecule has 5 nitrogen and oxygen atoms in total. The molecule has 0 radical (unpaired) electrons. The van der Waals surface area contributed by atoms with Gasteiger partial charge in [-0.2, -0.15) is 0 Å². The van der Waals surface area contributed by atoms with Gasteiger partial charge in [0.2, 0.25) is 0 Å². The number of nitrogen functional groups attached to an aromatic ring is 1. The number of carbonyl (C=O) groups excluding carboxylic acids is 1. The first kappa shape index (κ1) is 12.8. The van der Waals surface area contributed by atoms with E-state index < -0.39 is 18.2 Å². The van der Waals surface area contributed by atoms with Crippen LogP contribution < -0.4 is 5.73 Å². The van der Waals surface area contributed by atoms with Gasteiger partial charge in [-0.25, -0.2) is 4.98 Å². The van der Waals surface area contributed by atoms with Crippen LogP contribution in [0.1, 0.15) is 16.8 Å². The van der Waals surface area contributed by atoms with Crippen LogP contribution in [0.4, 0.5) is 5.82 Å². The minimum atomic E-state index is -1.13. The zero-order chi connectivity index (χ0) is 13.8. The van der Waals surface area contributed by atoms with Crippen molar-refractivity contribution in [1.82, 2.24) is 4.98 Å². The lowest BCUT2D eigenvalue weighted by molar-refractivity contribution is -0.135. The molecule has 0 saturated carbocycles. The number of rotatable bonds is 4. The number of nitrogens with zero attached hydrogens (tertiary/aromatic N) is 1. The standard InChI is InChI=1S/C14H12N2O3/c15-13-5-4-11(8-16-13)9-2-1-3-10(6-9)12(17)7-14(18)19/h1-6,8H,7H2,(H2,15,16)(H,18,19). The molecule has 1 aromatic heterocycles. The molecule has 3 N–H and O–H groups in total. The lowest BCUT2D eigenvalue weighted by Crippen LogP contribution is -2.06. The molecule has 0 aliphatic heterocycles. The fourth-order valence-corrected chi connectivity index (χ4v) is 1.69. The van der Waals surface area contributed by atoms with E-state index >= 15 is 0 Å². The van der Waals surface area contributed by atoms with Gasteiger partial charge in [0.1, 0.15) is 12.2 Å². The van der Waals surface area contributed by atoms with Crippen molar-refractivity contribution < 1.29 is 14.7 Å². The van der Waals surface area contributed by atoms with Crippen LogP contribution in [0, 0.1) is 0 Å². The zero-order valence-electron chi connectivity index (χ0n) is 10.0. The van der Waals surface area contributed by atoms with Crippen molar-refractivity contribution >= 4 is 17.6 Å². The topological polar surface area (TPSA) is 93.3 Å². The molecule has 96 valence electrons. The SMILES string of the molecule is Nc1ccc(-c2cccc(C(=O)CC(=O)O)c2)cn1. The third-order valence-corrected chi connectivity index (χ3v) is 2.62. The Hall–Kier alpha value is -2.69. The van der Waals surface area contributed by atoms with Gasteiger partial charge in [-0.1, -0.05) is 18.2 Å². The van der Waals surface area contributed by atoms with Crippen LogP contribution in [0.2, 0.25) is 0 Å². The van der Waals surface area contributed by atoms with E-state index in [4.69, 9.17) is 10.8 Å². The van der Waals surface area contributed by atoms with Crippen LogP contribution in [-0.2, 0) is 4.79 Å². The third kappa shape index (κ3) is 3.16. The summed E-state index contributed by atoms with van der Waals surface area (Å²) in [5.41, 5.74) is 7.49. The maximum absolute atomic E-state index is 11.7. The van der Waals surface area contributed by atoms with Crippen LogP contribution in [0.5, 0.6) is 0 Å². The van der Waals surface area contributed by atoms with Gasteiger partial charge in [-0.3, -0.25) is 9.59 Å². The molecular weight excluding hydrogens is 244 g/mol. The summed E-state index contributed by atoms with van der Waals surface area (Å²) >= 11 is 0. The van der Waals surface area contributed by atoms with Crippen LogP contribution in [-0.4, -0.2) is 21.8 Å². The molecule has 2 aromatic rings. The second-order valence-electron chi connectivity index (χ2n) is 4.05. The van der Waals surface area contributed by atoms with Crippen molar-refractivity contribution in [2.24, 2.45) is 0 Å². The number of benzene rings is 1. The highest BCUT2D eigenvalue weighted by Crippen LogP contribution is 2.20. The lowest BCUT2D eigenvalue weighted by Gasteiger charge is -2.04. The second kappa shape index (κ2) is 5.30. The van der Waals surface area contributed by atoms with Gasteiger partial charge in [0.25, 0.3) is 0 Å². The molecule has 0 amide bonds. The van der Waals surface area contributed by atoms with Gasteiger partial charge < -0.3 is 10.8 Å². The molecule has 0 bridgehead atoms. The van der Waals surface area contributed by atoms with Crippen LogP contribution in [0.15, 0.2) is 42.6 Å². The first-order valence-corrected chi connectivity index (χ1v) is 5.63. The zero-order valence-corrected chi connectivity index (χ0v) is 10.0. The number of ketones is 1. The van der Waals surface area contributed by atoms with E-state index in [9.17, 15) is 9.59 Å². The molecule has 0 unspecified atom stereocenters. The smallest absolute Gasteiger partial charge is 0.311 e. The highest BCUT2D eigenvalue weighted by molar-refractivity contribution is 6.06. The second-order valence-corrected chi connectivity index (χ2v) is 4.05. The van der Waals surface area contributed by atoms with E-state index in [1.807, 2.05) is 6.07 Å². The van der Waals surface area contributed by atoms with E-state index in [0.29, 0.717) is 11.4 Å². The van der Waals surface area contributed by atoms with E-state index in [1.54, 1.807) is 36.5 Å². The molecule has 0 atom stereocenters. The number of aromatic nitrogens is 1. The minimum absolute atomic E-state index is 0.372. The Bertz CT molecular complexity index is 621. The predicted molar refractivity (Wildman–Crippen MR) is 70.7 cm³/mol. The monoisotopic (exact) mass is 256 g/mol. The van der Waals surface area contributed by atoms with Crippen molar-refractivity contribution in [1.29, 1.82) is 0 Å². The molecule has 2 rings (SSSR count). The fourth-order valence-electron chi connectivity index (χ4n) is 1.69. The molecule has 19 heavy (non-hydrogen) atoms. The summed E-state index contributed by atoms with van der Waals surface area (Å²) < 4.78 is 0. The Labute approximate surface area is 109 Å². The highest BCUT2D eigenvalue weighted by atomic mass is 16.4. The molecule has 0 spiro atoms. The van der Waals surface area contributed by atoms with Crippen LogP contribution in [0.25, 0.3) is 11.1 Å². The van der Waals surface area contributed by atoms with E-state index in [2.05, 4.69) is 4.98 Å². The highest BCUT2D eigenvalue weighted by Gasteiger charge is 2.11. The van der Waals surface area contributed by atoms with Crippen LogP contribution in [0.3, 0.4) is 0 Å². The number of aliphatic carboxylic acids is 1. The molecule has 5 heteroatoms. The summed E-state index contributed by atoms with van der Waals surface area (Å²) in [5, 5.41) is 8.62. The van der Waals surface area contributed by atoms with Crippen molar-refractivity contribution in [2.45, 2.75) is 6.42 Å². The number of hydrogen-bond acceptors (Lipinski definition) is 4. The molecule has 0 aliphatic carbocycles. The molecule has 0 fully saturated rings. The number of carboxylic acid groups (broad SMARTS) is 1. The number of carbonyl (C=O) groups is 2. The van der Waals surface area contributed by atoms with Crippen molar-refractivity contribution in [3.05, 3.63) is 48.2 Å². The molecule has 1 aromatic carbocycles. The van der Waals surface area contributed by atoms with Crippen molar-refractivity contribution in [3.63, 3.8) is 0 Å². The first-order chi connectivity index (χ1) is 9.06. The van der Waals surface area contributed by atoms with Gasteiger partial charge in [-0.05, 0) is 23.8 Å². The van der Waals surface area contributed by atoms with Crippen molar-refractivity contribution in [2.75, 3.05) is 5.73 Å². The average Bonchev–Trinajstić information content (AvgIpc) is 2.39. The number of carboxylic acids is 1. The summed E-state index contributed by atoms with van der Waals surface area (Å²) in [6.07, 6.45) is 1.10. The number of hydrogen-bond donors (Lipinski definition) is 2. The predicted octanol–water partition coefficient (Wildman–Crippen LogP) is 1.99. The average molecular weight is 256 g/mol. The molecule has 1 heterocycles. The quantitative estimate of drug-likeness (QED) is 0.644. The summed E-state index contributed by atoms with van der Waals surface area (Å²) in [6.45, 7) is 0. The van der Waals surface area contributed by atoms with Gasteiger partial charge >= 0.3 is 5.97 Å². The molecule has 0 saturated heterocycles. The maximum Gasteiger partial charge on any atom is 0.311 e. The van der Waals surface area contributed by atoms with E-state index in [-0.39, 0.29) is 0 Å². The van der Waals surface area contributed by atoms with Gasteiger partial charge in [-0.15, -0.1) is 0 Å². The van der Waals surface area contributed by atoms with Gasteiger partial charge in [0.15, 0.2) is 5.78 Å². The summed E-state index contributed by atoms with van der Waals surface area (Å²) in [7, 11) is 0. The Morgan fingerprint density at radius 2 is 1.95 bits per heavy atom. The summed E-state index contributed by atoms with van der Waals surface area (Å²) in [6, 6.07) is 10.2. The lowest BCUT2D eigenvalue weighted by atomic mass is 10.0. The summed E-state index contributed by atoms with van der Waals surface area (Å²) in [5.74, 6) is -1.14. The number of pyridine rings is 1. The number of Topliss-reactive ketones (excluding diaryl/α,β-unsaturated/α-hetero) is 1. The van der Waals surface area contributed by atoms with Crippen LogP contribution >= 0.6 is 0 Å². The van der Waals surface area contributed by atoms with Gasteiger partial charge in [0, 0.05) is 17.3 Å². The fraction of sp³-hybridized carbons (Fsp3) is 0.0714. The molecular formula is C14H12N2O3. The van der Waals surface area contributed by atoms with Crippen molar-refractivity contribution in [3.8, 4) is 11.1 Å². The Balaban J connectivity index is 2.31. The Morgan fingerprint density at radius 3 is 2.58 bits per heavy atom. The van der Waals surface area contributed by atoms with E-state index in [0.717, 1.165) is 11.1 Å². The van der Waals surface area contributed by atoms with Gasteiger partial charge in [0.05, 0.1) is 0 Å². The number of anilines is 1. The minimum Gasteiger partial charge on any atom is -0.481 e. The Kier molecular flexibility index (Phi) is 3.56.